The van der Waals surface area contributed by atoms with Crippen LogP contribution in [0.1, 0.15) is 90.2 Å². The van der Waals surface area contributed by atoms with E-state index in [1.807, 2.05) is 32.2 Å². The van der Waals surface area contributed by atoms with Gasteiger partial charge in [0.15, 0.2) is 0 Å². The molecule has 4 aliphatic rings. The summed E-state index contributed by atoms with van der Waals surface area (Å²) in [5.74, 6) is 0.561. The number of benzene rings is 2. The fraction of sp³-hybridized carbons (Fsp3) is 0.605. The molecule has 2 aliphatic heterocycles. The molecule has 7 nitrogen and oxygen atoms in total. The number of aliphatic imine (C=N–C) groups is 3. The van der Waals surface area contributed by atoms with Gasteiger partial charge in [-0.15, -0.1) is 0 Å². The highest BCUT2D eigenvalue weighted by molar-refractivity contribution is 6.18. The fourth-order valence-corrected chi connectivity index (χ4v) is 9.41. The van der Waals surface area contributed by atoms with Gasteiger partial charge in [0.05, 0.1) is 36.3 Å². The van der Waals surface area contributed by atoms with Crippen molar-refractivity contribution in [1.29, 1.82) is 0 Å². The first-order chi connectivity index (χ1) is 24.8. The SMILES string of the molecule is C.C=N/C(=C(/C=NC(=C)c1cccc2ccc(F)c(CC)c12)C(CF)=NCCCC12CCCC1N(C1CC(OC)C1)CCC2)N1CCOCC(C)C1. The number of rotatable bonds is 14. The van der Waals surface area contributed by atoms with E-state index in [-0.39, 0.29) is 19.2 Å². The maximum atomic E-state index is 15.2. The fourth-order valence-electron chi connectivity index (χ4n) is 9.41. The first kappa shape index (κ1) is 39.9. The molecule has 0 bridgehead atoms. The van der Waals surface area contributed by atoms with Crippen molar-refractivity contribution in [2.24, 2.45) is 26.3 Å². The quantitative estimate of drug-likeness (QED) is 0.145. The van der Waals surface area contributed by atoms with E-state index in [0.717, 1.165) is 42.0 Å². The van der Waals surface area contributed by atoms with Gasteiger partial charge in [0.25, 0.3) is 0 Å². The lowest BCUT2D eigenvalue weighted by atomic mass is 9.70. The molecule has 2 heterocycles. The first-order valence-corrected chi connectivity index (χ1v) is 19.2. The minimum absolute atomic E-state index is 0. The molecule has 2 saturated heterocycles. The van der Waals surface area contributed by atoms with Crippen molar-refractivity contribution >= 4 is 35.1 Å². The molecule has 2 aliphatic carbocycles. The van der Waals surface area contributed by atoms with Crippen molar-refractivity contribution in [3.63, 3.8) is 0 Å². The summed E-state index contributed by atoms with van der Waals surface area (Å²) >= 11 is 0. The number of ether oxygens (including phenoxy) is 2. The topological polar surface area (TPSA) is 62.0 Å². The van der Waals surface area contributed by atoms with Gasteiger partial charge in [-0.05, 0) is 105 Å². The van der Waals surface area contributed by atoms with E-state index < -0.39 is 6.67 Å². The molecule has 0 amide bonds. The Balaban J connectivity index is 0.00000523. The van der Waals surface area contributed by atoms with Crippen LogP contribution in [0.5, 0.6) is 0 Å². The van der Waals surface area contributed by atoms with Crippen LogP contribution in [0.25, 0.3) is 16.5 Å². The Kier molecular flexibility index (Phi) is 14.0. The van der Waals surface area contributed by atoms with Gasteiger partial charge in [-0.1, -0.05) is 58.5 Å². The van der Waals surface area contributed by atoms with Gasteiger partial charge in [0.1, 0.15) is 18.3 Å². The second kappa shape index (κ2) is 18.2. The van der Waals surface area contributed by atoms with Crippen molar-refractivity contribution in [3.05, 3.63) is 65.2 Å². The first-order valence-electron chi connectivity index (χ1n) is 19.2. The van der Waals surface area contributed by atoms with Crippen molar-refractivity contribution in [2.75, 3.05) is 53.2 Å². The van der Waals surface area contributed by atoms with E-state index in [1.54, 1.807) is 12.3 Å². The minimum atomic E-state index is -0.754. The molecular formula is C43H61F2N5O2. The van der Waals surface area contributed by atoms with E-state index in [4.69, 9.17) is 19.5 Å². The van der Waals surface area contributed by atoms with E-state index in [9.17, 15) is 4.39 Å². The number of likely N-dealkylation sites (tertiary alicyclic amines) is 1. The summed E-state index contributed by atoms with van der Waals surface area (Å²) in [6.07, 6.45) is 13.2. The van der Waals surface area contributed by atoms with Crippen molar-refractivity contribution in [2.45, 2.75) is 104 Å². The predicted molar refractivity (Wildman–Crippen MR) is 213 cm³/mol. The highest BCUT2D eigenvalue weighted by atomic mass is 19.1. The summed E-state index contributed by atoms with van der Waals surface area (Å²) in [6.45, 7) is 15.7. The van der Waals surface area contributed by atoms with E-state index in [0.29, 0.717) is 91.2 Å². The third kappa shape index (κ3) is 8.42. The monoisotopic (exact) mass is 717 g/mol. The van der Waals surface area contributed by atoms with Gasteiger partial charge in [0, 0.05) is 50.6 Å². The van der Waals surface area contributed by atoms with Gasteiger partial charge < -0.3 is 14.4 Å². The Bertz CT molecular complexity index is 1650. The third-order valence-electron chi connectivity index (χ3n) is 12.0. The second-order valence-electron chi connectivity index (χ2n) is 15.2. The van der Waals surface area contributed by atoms with Crippen LogP contribution >= 0.6 is 0 Å². The lowest BCUT2D eigenvalue weighted by molar-refractivity contribution is -0.0776. The molecule has 6 rings (SSSR count). The number of hydrogen-bond acceptors (Lipinski definition) is 7. The summed E-state index contributed by atoms with van der Waals surface area (Å²) < 4.78 is 41.5. The van der Waals surface area contributed by atoms with Crippen molar-refractivity contribution < 1.29 is 18.3 Å². The van der Waals surface area contributed by atoms with Crippen molar-refractivity contribution in [3.8, 4) is 0 Å². The van der Waals surface area contributed by atoms with E-state index in [2.05, 4.69) is 35.0 Å². The van der Waals surface area contributed by atoms with Crippen LogP contribution in [-0.2, 0) is 15.9 Å². The lowest BCUT2D eigenvalue weighted by Crippen LogP contribution is -2.58. The molecule has 3 unspecified atom stereocenters. The Morgan fingerprint density at radius 1 is 1.15 bits per heavy atom. The highest BCUT2D eigenvalue weighted by Crippen LogP contribution is 2.52. The largest absolute Gasteiger partial charge is 0.381 e. The van der Waals surface area contributed by atoms with Crippen LogP contribution in [0.3, 0.4) is 0 Å². The Morgan fingerprint density at radius 2 is 1.96 bits per heavy atom. The second-order valence-corrected chi connectivity index (χ2v) is 15.2. The number of fused-ring (bicyclic) bond motifs is 2. The summed E-state index contributed by atoms with van der Waals surface area (Å²) in [5, 5.41) is 1.72. The molecule has 0 spiro atoms. The van der Waals surface area contributed by atoms with Crippen LogP contribution in [0.4, 0.5) is 8.78 Å². The normalized spacial score (nSPS) is 27.5. The molecule has 0 N–H and O–H groups in total. The Hall–Kier alpha value is -3.27. The molecule has 4 fully saturated rings. The zero-order valence-corrected chi connectivity index (χ0v) is 31.0. The maximum Gasteiger partial charge on any atom is 0.138 e. The minimum Gasteiger partial charge on any atom is -0.381 e. The van der Waals surface area contributed by atoms with Crippen LogP contribution < -0.4 is 0 Å². The molecule has 0 radical (unpaired) electrons. The number of nitrogens with zero attached hydrogens (tertiary/aromatic N) is 5. The van der Waals surface area contributed by atoms with E-state index >= 15 is 4.39 Å². The summed E-state index contributed by atoms with van der Waals surface area (Å²) in [7, 11) is 1.83. The smallest absolute Gasteiger partial charge is 0.138 e. The predicted octanol–water partition coefficient (Wildman–Crippen LogP) is 9.10. The van der Waals surface area contributed by atoms with Crippen LogP contribution in [-0.4, -0.2) is 99.8 Å². The van der Waals surface area contributed by atoms with Crippen LogP contribution in [0, 0.1) is 17.2 Å². The molecule has 0 aromatic heterocycles. The summed E-state index contributed by atoms with van der Waals surface area (Å²) in [4.78, 5) is 19.1. The Labute approximate surface area is 311 Å². The van der Waals surface area contributed by atoms with Gasteiger partial charge >= 0.3 is 0 Å². The average Bonchev–Trinajstić information content (AvgIpc) is 3.44. The number of halogens is 2. The molecule has 2 aromatic rings. The van der Waals surface area contributed by atoms with Gasteiger partial charge in [-0.2, -0.15) is 0 Å². The Morgan fingerprint density at radius 3 is 2.71 bits per heavy atom. The molecule has 3 atom stereocenters. The van der Waals surface area contributed by atoms with Gasteiger partial charge in [-0.3, -0.25) is 14.9 Å². The van der Waals surface area contributed by atoms with E-state index in [1.165, 1.54) is 44.7 Å². The van der Waals surface area contributed by atoms with Gasteiger partial charge in [-0.25, -0.2) is 13.8 Å². The number of aryl methyl sites for hydroxylation is 1. The molecule has 284 valence electrons. The van der Waals surface area contributed by atoms with Crippen LogP contribution in [0.2, 0.25) is 0 Å². The molecule has 9 heteroatoms. The number of methoxy groups -OCH3 is 1. The maximum absolute atomic E-state index is 15.2. The standard InChI is InChI=1S/C42H57F2N5O2.CH4/c1-6-34-37(44)15-14-31-11-7-12-35(40(31)34)30(3)47-26-36(41(45-4)48-21-22-51-28-29(2)27-48)38(25-43)46-19-9-17-42-16-8-13-39(42)49(20-10-18-42)32-23-33(24-32)50-5;/h7,11-12,14-15,26,29,32-33,39H,3-4,6,8-10,13,16-25,27-28H2,1-2,5H3;1H4/b41-36+,46-38?,47-26?;. The summed E-state index contributed by atoms with van der Waals surface area (Å²) in [6, 6.07) is 10.4. The van der Waals surface area contributed by atoms with Crippen molar-refractivity contribution in [1.82, 2.24) is 9.80 Å². The average molecular weight is 718 g/mol. The number of alkyl halides is 1. The molecule has 2 saturated carbocycles. The number of allylic oxidation sites excluding steroid dienone is 1. The van der Waals surface area contributed by atoms with Gasteiger partial charge in [0.2, 0.25) is 0 Å². The number of piperidine rings is 1. The highest BCUT2D eigenvalue weighted by Gasteiger charge is 2.50. The summed E-state index contributed by atoms with van der Waals surface area (Å²) in [5.41, 5.74) is 2.98. The zero-order valence-electron chi connectivity index (χ0n) is 31.0. The molecular weight excluding hydrogens is 657 g/mol. The number of hydrogen-bond donors (Lipinski definition) is 0. The molecule has 52 heavy (non-hydrogen) atoms. The molecule has 2 aromatic carbocycles. The zero-order chi connectivity index (χ0) is 36.0. The lowest BCUT2D eigenvalue weighted by Gasteiger charge is -2.53. The third-order valence-corrected chi connectivity index (χ3v) is 12.0. The van der Waals surface area contributed by atoms with Crippen LogP contribution in [0.15, 0.2) is 63.3 Å².